The number of fused-ring (bicyclic) bond motifs is 1. The van der Waals surface area contributed by atoms with Crippen molar-refractivity contribution in [3.63, 3.8) is 0 Å². The molecule has 0 spiro atoms. The molecule has 0 saturated heterocycles. The third-order valence-electron chi connectivity index (χ3n) is 7.64. The Morgan fingerprint density at radius 3 is 2.27 bits per heavy atom. The lowest BCUT2D eigenvalue weighted by atomic mass is 9.73. The summed E-state index contributed by atoms with van der Waals surface area (Å²) < 4.78 is 10.6. The minimum atomic E-state index is -0.423. The highest BCUT2D eigenvalue weighted by atomic mass is 16.5. The quantitative estimate of drug-likeness (QED) is 0.384. The van der Waals surface area contributed by atoms with Gasteiger partial charge >= 0.3 is 0 Å². The smallest absolute Gasteiger partial charge is 0.239 e. The average Bonchev–Trinajstić information content (AvgIpc) is 3.07. The molecule has 1 aliphatic carbocycles. The number of methoxy groups -OCH3 is 2. The van der Waals surface area contributed by atoms with Gasteiger partial charge in [-0.3, -0.25) is 9.59 Å². The number of allylic oxidation sites excluding steroid dienone is 1. The molecule has 1 unspecified atom stereocenters. The molecule has 7 heteroatoms. The molecule has 0 fully saturated rings. The van der Waals surface area contributed by atoms with Gasteiger partial charge in [0, 0.05) is 24.2 Å². The Labute approximate surface area is 236 Å². The molecule has 7 nitrogen and oxygen atoms in total. The van der Waals surface area contributed by atoms with E-state index in [1.165, 1.54) is 0 Å². The Balaban J connectivity index is 1.48. The maximum atomic E-state index is 13.8. The molecule has 208 valence electrons. The fraction of sp³-hybridized carbons (Fsp3) is 0.333. The van der Waals surface area contributed by atoms with E-state index in [2.05, 4.69) is 29.4 Å². The summed E-state index contributed by atoms with van der Waals surface area (Å²) in [6.07, 6.45) is 1.91. The summed E-state index contributed by atoms with van der Waals surface area (Å²) in [5, 5.41) is 6.69. The number of benzene rings is 3. The van der Waals surface area contributed by atoms with Crippen molar-refractivity contribution in [2.24, 2.45) is 5.41 Å². The number of hydrogen-bond acceptors (Lipinski definition) is 6. The minimum absolute atomic E-state index is 0.102. The van der Waals surface area contributed by atoms with Crippen LogP contribution in [0.4, 0.5) is 11.4 Å². The van der Waals surface area contributed by atoms with Crippen molar-refractivity contribution in [2.45, 2.75) is 39.2 Å². The Kier molecular flexibility index (Phi) is 7.83. The monoisotopic (exact) mass is 539 g/mol. The molecule has 5 rings (SSSR count). The van der Waals surface area contributed by atoms with E-state index in [9.17, 15) is 9.59 Å². The molecular weight excluding hydrogens is 502 g/mol. The Morgan fingerprint density at radius 1 is 0.950 bits per heavy atom. The average molecular weight is 540 g/mol. The molecule has 2 N–H and O–H groups in total. The van der Waals surface area contributed by atoms with Crippen LogP contribution in [0.2, 0.25) is 0 Å². The van der Waals surface area contributed by atoms with Gasteiger partial charge in [0.05, 0.1) is 38.2 Å². The number of anilines is 2. The fourth-order valence-corrected chi connectivity index (χ4v) is 5.71. The number of rotatable bonds is 8. The maximum absolute atomic E-state index is 13.8. The second-order valence-electron chi connectivity index (χ2n) is 11.2. The van der Waals surface area contributed by atoms with Crippen LogP contribution in [0.5, 0.6) is 11.5 Å². The number of hydrogen-bond donors (Lipinski definition) is 2. The van der Waals surface area contributed by atoms with Gasteiger partial charge in [-0.15, -0.1) is 0 Å². The summed E-state index contributed by atoms with van der Waals surface area (Å²) in [7, 11) is 3.28. The number of nitrogens with zero attached hydrogens (tertiary/aromatic N) is 1. The van der Waals surface area contributed by atoms with E-state index in [0.29, 0.717) is 19.4 Å². The first-order chi connectivity index (χ1) is 19.3. The second-order valence-corrected chi connectivity index (χ2v) is 11.2. The highest BCUT2D eigenvalue weighted by Gasteiger charge is 2.41. The number of carbonyl (C=O) groups is 2. The van der Waals surface area contributed by atoms with E-state index in [1.54, 1.807) is 14.2 Å². The summed E-state index contributed by atoms with van der Waals surface area (Å²) in [5.74, 6) is 1.55. The van der Waals surface area contributed by atoms with Gasteiger partial charge in [0.2, 0.25) is 5.91 Å². The van der Waals surface area contributed by atoms with E-state index >= 15 is 0 Å². The molecule has 1 atom stereocenters. The molecule has 1 aliphatic heterocycles. The van der Waals surface area contributed by atoms with Crippen molar-refractivity contribution in [1.29, 1.82) is 0 Å². The van der Waals surface area contributed by atoms with Crippen LogP contribution in [0.3, 0.4) is 0 Å². The van der Waals surface area contributed by atoms with Crippen molar-refractivity contribution in [3.05, 3.63) is 95.2 Å². The lowest BCUT2D eigenvalue weighted by Gasteiger charge is -2.38. The van der Waals surface area contributed by atoms with Crippen LogP contribution in [0.25, 0.3) is 0 Å². The van der Waals surface area contributed by atoms with Gasteiger partial charge in [-0.2, -0.15) is 0 Å². The van der Waals surface area contributed by atoms with Gasteiger partial charge in [0.15, 0.2) is 5.78 Å². The largest absolute Gasteiger partial charge is 0.497 e. The van der Waals surface area contributed by atoms with Gasteiger partial charge in [-0.1, -0.05) is 50.2 Å². The van der Waals surface area contributed by atoms with Crippen molar-refractivity contribution in [3.8, 4) is 11.5 Å². The molecule has 3 aromatic rings. The number of ketones is 1. The van der Waals surface area contributed by atoms with Crippen LogP contribution in [0, 0.1) is 5.41 Å². The van der Waals surface area contributed by atoms with Crippen LogP contribution in [0.1, 0.15) is 43.9 Å². The number of amides is 1. The summed E-state index contributed by atoms with van der Waals surface area (Å²) in [6, 6.07) is 23.2. The molecule has 0 aromatic heterocycles. The van der Waals surface area contributed by atoms with Crippen LogP contribution < -0.4 is 25.0 Å². The summed E-state index contributed by atoms with van der Waals surface area (Å²) in [6.45, 7) is 4.87. The Morgan fingerprint density at radius 2 is 1.60 bits per heavy atom. The molecule has 0 bridgehead atoms. The Bertz CT molecular complexity index is 1410. The first kappa shape index (κ1) is 27.3. The lowest BCUT2D eigenvalue weighted by molar-refractivity contribution is -0.120. The summed E-state index contributed by atoms with van der Waals surface area (Å²) >= 11 is 0. The highest BCUT2D eigenvalue weighted by molar-refractivity contribution is 6.01. The van der Waals surface area contributed by atoms with E-state index in [1.807, 2.05) is 72.8 Å². The molecule has 3 aromatic carbocycles. The molecule has 1 amide bonds. The van der Waals surface area contributed by atoms with Crippen molar-refractivity contribution in [2.75, 3.05) is 37.5 Å². The molecule has 0 radical (unpaired) electrons. The standard InChI is InChI=1S/C33H37N3O4/c1-33(2)19-27-31(29(37)20-33)32(23-11-15-25(40-4)16-12-23)36(28-8-6-5-7-26(28)35-27)21-30(38)34-18-17-22-9-13-24(39-3)14-10-22/h5-16,32,35H,17-21H2,1-4H3,(H,34,38). The van der Waals surface area contributed by atoms with Gasteiger partial charge < -0.3 is 25.0 Å². The van der Waals surface area contributed by atoms with Gasteiger partial charge in [0.1, 0.15) is 11.5 Å². The van der Waals surface area contributed by atoms with E-state index < -0.39 is 6.04 Å². The van der Waals surface area contributed by atoms with Crippen molar-refractivity contribution < 1.29 is 19.1 Å². The third-order valence-corrected chi connectivity index (χ3v) is 7.64. The molecule has 0 saturated carbocycles. The predicted octanol–water partition coefficient (Wildman–Crippen LogP) is 5.68. The normalized spacial score (nSPS) is 17.8. The zero-order chi connectivity index (χ0) is 28.3. The third kappa shape index (κ3) is 5.83. The molecule has 1 heterocycles. The molecular formula is C33H37N3O4. The summed E-state index contributed by atoms with van der Waals surface area (Å²) in [5.41, 5.74) is 5.33. The minimum Gasteiger partial charge on any atom is -0.497 e. The van der Waals surface area contributed by atoms with Crippen molar-refractivity contribution >= 4 is 23.1 Å². The number of para-hydroxylation sites is 2. The van der Waals surface area contributed by atoms with E-state index in [4.69, 9.17) is 9.47 Å². The van der Waals surface area contributed by atoms with Gasteiger partial charge in [-0.05, 0) is 65.8 Å². The van der Waals surface area contributed by atoms with Crippen molar-refractivity contribution in [1.82, 2.24) is 5.32 Å². The van der Waals surface area contributed by atoms with Crippen LogP contribution in [-0.4, -0.2) is 39.0 Å². The first-order valence-corrected chi connectivity index (χ1v) is 13.7. The van der Waals surface area contributed by atoms with Crippen LogP contribution >= 0.6 is 0 Å². The second kappa shape index (κ2) is 11.5. The van der Waals surface area contributed by atoms with Gasteiger partial charge in [-0.25, -0.2) is 0 Å². The van der Waals surface area contributed by atoms with Crippen LogP contribution in [0.15, 0.2) is 84.1 Å². The predicted molar refractivity (Wildman–Crippen MR) is 158 cm³/mol. The zero-order valence-electron chi connectivity index (χ0n) is 23.6. The number of carbonyl (C=O) groups excluding carboxylic acids is 2. The maximum Gasteiger partial charge on any atom is 0.239 e. The fourth-order valence-electron chi connectivity index (χ4n) is 5.71. The highest BCUT2D eigenvalue weighted by Crippen LogP contribution is 2.48. The Hall–Kier alpha value is -4.26. The van der Waals surface area contributed by atoms with E-state index in [-0.39, 0.29) is 23.7 Å². The number of ether oxygens (including phenoxy) is 2. The summed E-state index contributed by atoms with van der Waals surface area (Å²) in [4.78, 5) is 29.3. The number of nitrogens with one attached hydrogen (secondary N) is 2. The first-order valence-electron chi connectivity index (χ1n) is 13.7. The molecule has 40 heavy (non-hydrogen) atoms. The van der Waals surface area contributed by atoms with E-state index in [0.717, 1.165) is 51.7 Å². The topological polar surface area (TPSA) is 79.9 Å². The zero-order valence-corrected chi connectivity index (χ0v) is 23.6. The molecule has 2 aliphatic rings. The van der Waals surface area contributed by atoms with Gasteiger partial charge in [0.25, 0.3) is 0 Å². The van der Waals surface area contributed by atoms with Crippen LogP contribution in [-0.2, 0) is 16.0 Å². The SMILES string of the molecule is COc1ccc(CCNC(=O)CN2c3ccccc3NC3=C(C(=O)CC(C)(C)C3)C2c2ccc(OC)cc2)cc1. The lowest BCUT2D eigenvalue weighted by Crippen LogP contribution is -2.42. The number of Topliss-reactive ketones (excluding diaryl/α,β-unsaturated/α-hetero) is 1.